The van der Waals surface area contributed by atoms with E-state index in [1.54, 1.807) is 0 Å². The Labute approximate surface area is 124 Å². The van der Waals surface area contributed by atoms with Crippen LogP contribution in [0.1, 0.15) is 42.9 Å². The number of nitrogens with one attached hydrogen (secondary N) is 1. The van der Waals surface area contributed by atoms with Crippen LogP contribution in [0.3, 0.4) is 0 Å². The molecule has 1 fully saturated rings. The van der Waals surface area contributed by atoms with E-state index >= 15 is 0 Å². The van der Waals surface area contributed by atoms with Crippen LogP contribution in [0.5, 0.6) is 0 Å². The molecule has 112 valence electrons. The summed E-state index contributed by atoms with van der Waals surface area (Å²) in [7, 11) is 0. The molecule has 2 nitrogen and oxygen atoms in total. The predicted octanol–water partition coefficient (Wildman–Crippen LogP) is 3.52. The van der Waals surface area contributed by atoms with Crippen LogP contribution >= 0.6 is 0 Å². The molecule has 0 bridgehead atoms. The minimum absolute atomic E-state index is 0.882. The van der Waals surface area contributed by atoms with Gasteiger partial charge in [-0.2, -0.15) is 0 Å². The fourth-order valence-corrected chi connectivity index (χ4v) is 3.19. The number of piperidine rings is 1. The molecule has 1 aliphatic heterocycles. The Hall–Kier alpha value is -0.860. The van der Waals surface area contributed by atoms with Crippen molar-refractivity contribution in [3.63, 3.8) is 0 Å². The molecule has 0 atom stereocenters. The van der Waals surface area contributed by atoms with Gasteiger partial charge in [0, 0.05) is 13.1 Å². The van der Waals surface area contributed by atoms with E-state index in [2.05, 4.69) is 49.2 Å². The third-order valence-corrected chi connectivity index (χ3v) is 4.41. The molecule has 0 saturated carbocycles. The summed E-state index contributed by atoms with van der Waals surface area (Å²) in [6, 6.07) is 6.84. The first kappa shape index (κ1) is 15.5. The maximum Gasteiger partial charge on any atom is 0.0236 e. The van der Waals surface area contributed by atoms with Crippen LogP contribution in [-0.4, -0.2) is 31.1 Å². The highest BCUT2D eigenvalue weighted by molar-refractivity contribution is 5.30. The van der Waals surface area contributed by atoms with E-state index in [-0.39, 0.29) is 0 Å². The van der Waals surface area contributed by atoms with Crippen LogP contribution in [0.2, 0.25) is 0 Å². The van der Waals surface area contributed by atoms with Gasteiger partial charge in [-0.3, -0.25) is 4.90 Å². The van der Waals surface area contributed by atoms with Crippen molar-refractivity contribution in [3.05, 3.63) is 34.9 Å². The zero-order chi connectivity index (χ0) is 14.4. The van der Waals surface area contributed by atoms with Crippen molar-refractivity contribution in [1.29, 1.82) is 0 Å². The van der Waals surface area contributed by atoms with Crippen molar-refractivity contribution in [3.8, 4) is 0 Å². The lowest BCUT2D eigenvalue weighted by Gasteiger charge is -2.30. The zero-order valence-corrected chi connectivity index (χ0v) is 13.4. The summed E-state index contributed by atoms with van der Waals surface area (Å²) in [6.45, 7) is 12.7. The van der Waals surface area contributed by atoms with Crippen molar-refractivity contribution in [2.45, 2.75) is 46.6 Å². The molecule has 0 spiro atoms. The first-order chi connectivity index (χ1) is 9.69. The summed E-state index contributed by atoms with van der Waals surface area (Å²) in [5, 5.41) is 3.47. The minimum atomic E-state index is 0.882. The monoisotopic (exact) mass is 274 g/mol. The molecule has 2 rings (SSSR count). The molecule has 1 aliphatic rings. The van der Waals surface area contributed by atoms with Crippen LogP contribution in [0.4, 0.5) is 0 Å². The van der Waals surface area contributed by atoms with Crippen LogP contribution < -0.4 is 5.32 Å². The van der Waals surface area contributed by atoms with Gasteiger partial charge in [0.1, 0.15) is 0 Å². The van der Waals surface area contributed by atoms with Crippen LogP contribution in [-0.2, 0) is 6.54 Å². The molecule has 0 amide bonds. The SMILES string of the molecule is CCCN(Cc1cc(C)ccc1C)CC1CCNCC1. The van der Waals surface area contributed by atoms with Crippen LogP contribution in [0.15, 0.2) is 18.2 Å². The summed E-state index contributed by atoms with van der Waals surface area (Å²) in [5.41, 5.74) is 4.32. The molecule has 20 heavy (non-hydrogen) atoms. The molecule has 1 aromatic rings. The van der Waals surface area contributed by atoms with E-state index in [4.69, 9.17) is 0 Å². The summed E-state index contributed by atoms with van der Waals surface area (Å²) < 4.78 is 0. The van der Waals surface area contributed by atoms with Gasteiger partial charge in [-0.1, -0.05) is 30.7 Å². The van der Waals surface area contributed by atoms with Gasteiger partial charge < -0.3 is 5.32 Å². The first-order valence-corrected chi connectivity index (χ1v) is 8.18. The van der Waals surface area contributed by atoms with E-state index in [0.717, 1.165) is 12.5 Å². The maximum atomic E-state index is 3.47. The molecule has 0 aliphatic carbocycles. The fourth-order valence-electron chi connectivity index (χ4n) is 3.19. The Balaban J connectivity index is 1.98. The second-order valence-corrected chi connectivity index (χ2v) is 6.36. The molecule has 1 N–H and O–H groups in total. The summed E-state index contributed by atoms with van der Waals surface area (Å²) in [6.07, 6.45) is 3.93. The van der Waals surface area contributed by atoms with Gasteiger partial charge in [0.05, 0.1) is 0 Å². The van der Waals surface area contributed by atoms with E-state index in [1.165, 1.54) is 62.1 Å². The maximum absolute atomic E-state index is 3.47. The van der Waals surface area contributed by atoms with E-state index in [9.17, 15) is 0 Å². The number of nitrogens with zero attached hydrogens (tertiary/aromatic N) is 1. The Kier molecular flexibility index (Phi) is 6.06. The van der Waals surface area contributed by atoms with Crippen LogP contribution in [0.25, 0.3) is 0 Å². The Morgan fingerprint density at radius 2 is 1.95 bits per heavy atom. The highest BCUT2D eigenvalue weighted by atomic mass is 15.1. The van der Waals surface area contributed by atoms with E-state index in [0.29, 0.717) is 0 Å². The largest absolute Gasteiger partial charge is 0.317 e. The molecule has 0 unspecified atom stereocenters. The zero-order valence-electron chi connectivity index (χ0n) is 13.4. The number of hydrogen-bond acceptors (Lipinski definition) is 2. The average Bonchev–Trinajstić information content (AvgIpc) is 2.44. The lowest BCUT2D eigenvalue weighted by atomic mass is 9.97. The average molecular weight is 274 g/mol. The quantitative estimate of drug-likeness (QED) is 0.854. The lowest BCUT2D eigenvalue weighted by Crippen LogP contribution is -2.36. The normalized spacial score (nSPS) is 16.8. The van der Waals surface area contributed by atoms with E-state index in [1.807, 2.05) is 0 Å². The van der Waals surface area contributed by atoms with Gasteiger partial charge in [0.2, 0.25) is 0 Å². The lowest BCUT2D eigenvalue weighted by molar-refractivity contribution is 0.198. The van der Waals surface area contributed by atoms with Crippen molar-refractivity contribution in [2.75, 3.05) is 26.2 Å². The number of hydrogen-bond donors (Lipinski definition) is 1. The van der Waals surface area contributed by atoms with E-state index < -0.39 is 0 Å². The standard InChI is InChI=1S/C18H30N2/c1-4-11-20(13-17-7-9-19-10-8-17)14-18-12-15(2)5-6-16(18)3/h5-6,12,17,19H,4,7-11,13-14H2,1-3H3. The Morgan fingerprint density at radius 3 is 2.65 bits per heavy atom. The Bertz CT molecular complexity index is 408. The predicted molar refractivity (Wildman–Crippen MR) is 87.1 cm³/mol. The second kappa shape index (κ2) is 7.80. The van der Waals surface area contributed by atoms with Gasteiger partial charge in [0.15, 0.2) is 0 Å². The number of rotatable bonds is 6. The van der Waals surface area contributed by atoms with Gasteiger partial charge in [-0.15, -0.1) is 0 Å². The molecule has 2 heteroatoms. The second-order valence-electron chi connectivity index (χ2n) is 6.36. The molecular formula is C18H30N2. The van der Waals surface area contributed by atoms with Crippen LogP contribution in [0, 0.1) is 19.8 Å². The molecule has 1 aromatic carbocycles. The Morgan fingerprint density at radius 1 is 1.20 bits per heavy atom. The highest BCUT2D eigenvalue weighted by Crippen LogP contribution is 2.18. The molecule has 0 radical (unpaired) electrons. The summed E-state index contributed by atoms with van der Waals surface area (Å²) in [5.74, 6) is 0.882. The van der Waals surface area contributed by atoms with Gasteiger partial charge in [-0.25, -0.2) is 0 Å². The van der Waals surface area contributed by atoms with Gasteiger partial charge in [0.25, 0.3) is 0 Å². The van der Waals surface area contributed by atoms with Crippen molar-refractivity contribution in [2.24, 2.45) is 5.92 Å². The highest BCUT2D eigenvalue weighted by Gasteiger charge is 2.17. The molecule has 0 aromatic heterocycles. The molecule has 1 saturated heterocycles. The van der Waals surface area contributed by atoms with Crippen molar-refractivity contribution in [1.82, 2.24) is 10.2 Å². The summed E-state index contributed by atoms with van der Waals surface area (Å²) >= 11 is 0. The third kappa shape index (κ3) is 4.60. The van der Waals surface area contributed by atoms with Gasteiger partial charge >= 0.3 is 0 Å². The summed E-state index contributed by atoms with van der Waals surface area (Å²) in [4.78, 5) is 2.66. The smallest absolute Gasteiger partial charge is 0.0236 e. The minimum Gasteiger partial charge on any atom is -0.317 e. The topological polar surface area (TPSA) is 15.3 Å². The first-order valence-electron chi connectivity index (χ1n) is 8.18. The van der Waals surface area contributed by atoms with Crippen molar-refractivity contribution < 1.29 is 0 Å². The number of aryl methyl sites for hydroxylation is 2. The van der Waals surface area contributed by atoms with Gasteiger partial charge in [-0.05, 0) is 69.8 Å². The fraction of sp³-hybridized carbons (Fsp3) is 0.667. The number of benzene rings is 1. The molecular weight excluding hydrogens is 244 g/mol. The van der Waals surface area contributed by atoms with Crippen molar-refractivity contribution >= 4 is 0 Å². The molecule has 1 heterocycles. The third-order valence-electron chi connectivity index (χ3n) is 4.41.